The smallest absolute Gasteiger partial charge is 0.410 e. The van der Waals surface area contributed by atoms with Crippen molar-refractivity contribution in [2.24, 2.45) is 0 Å². The number of carbonyl (C=O) groups is 1. The molecule has 1 heterocycles. The van der Waals surface area contributed by atoms with Gasteiger partial charge in [-0.05, 0) is 75.0 Å². The number of benzene rings is 2. The van der Waals surface area contributed by atoms with Gasteiger partial charge in [0.25, 0.3) is 0 Å². The molecule has 0 radical (unpaired) electrons. The van der Waals surface area contributed by atoms with E-state index in [2.05, 4.69) is 9.97 Å². The number of nitrogen functional groups attached to an aromatic ring is 1. The Balaban J connectivity index is 1.56. The Morgan fingerprint density at radius 2 is 1.86 bits per heavy atom. The molecule has 0 spiro atoms. The van der Waals surface area contributed by atoms with E-state index in [9.17, 15) is 4.79 Å². The number of ether oxygens (including phenoxy) is 2. The Bertz CT molecular complexity index is 1150. The summed E-state index contributed by atoms with van der Waals surface area (Å²) in [5, 5.41) is 0.539. The predicted molar refractivity (Wildman–Crippen MR) is 140 cm³/mol. The number of aromatic nitrogens is 2. The van der Waals surface area contributed by atoms with Gasteiger partial charge in [0.15, 0.2) is 0 Å². The summed E-state index contributed by atoms with van der Waals surface area (Å²) in [5.41, 5.74) is 8.27. The molecule has 1 amide bonds. The zero-order chi connectivity index (χ0) is 25.4. The Hall–Kier alpha value is -3.03. The molecular weight excluding hydrogens is 487 g/mol. The van der Waals surface area contributed by atoms with Gasteiger partial charge < -0.3 is 20.1 Å². The van der Waals surface area contributed by atoms with Crippen molar-refractivity contribution in [2.45, 2.75) is 45.8 Å². The minimum Gasteiger partial charge on any atom is -0.494 e. The summed E-state index contributed by atoms with van der Waals surface area (Å²) >= 11 is 12.1. The fourth-order valence-corrected chi connectivity index (χ4v) is 3.68. The van der Waals surface area contributed by atoms with Crippen LogP contribution in [0.15, 0.2) is 54.7 Å². The summed E-state index contributed by atoms with van der Waals surface area (Å²) in [6, 6.07) is 15.0. The van der Waals surface area contributed by atoms with E-state index in [4.69, 9.17) is 38.4 Å². The highest BCUT2D eigenvalue weighted by Gasteiger charge is 2.22. The normalized spacial score (nSPS) is 11.2. The SMILES string of the molecule is CC(C)(C)OC(=O)N(CCCCOc1cccc(-c2nc(Cl)ncc2Cl)c1)Cc1cccc(N)c1. The van der Waals surface area contributed by atoms with Crippen molar-refractivity contribution in [3.8, 4) is 17.0 Å². The number of anilines is 1. The fourth-order valence-electron chi connectivity index (χ4n) is 3.35. The van der Waals surface area contributed by atoms with Crippen molar-refractivity contribution < 1.29 is 14.3 Å². The maximum Gasteiger partial charge on any atom is 0.410 e. The van der Waals surface area contributed by atoms with Crippen LogP contribution in [0.2, 0.25) is 10.3 Å². The largest absolute Gasteiger partial charge is 0.494 e. The molecule has 0 atom stereocenters. The van der Waals surface area contributed by atoms with Crippen LogP contribution in [0.3, 0.4) is 0 Å². The lowest BCUT2D eigenvalue weighted by atomic mass is 10.1. The molecule has 0 bridgehead atoms. The van der Waals surface area contributed by atoms with Gasteiger partial charge in [-0.25, -0.2) is 14.8 Å². The third kappa shape index (κ3) is 8.60. The van der Waals surface area contributed by atoms with Gasteiger partial charge >= 0.3 is 6.09 Å². The number of carbonyl (C=O) groups excluding carboxylic acids is 1. The van der Waals surface area contributed by atoms with Crippen LogP contribution in [-0.4, -0.2) is 39.7 Å². The van der Waals surface area contributed by atoms with Gasteiger partial charge in [0, 0.05) is 24.3 Å². The van der Waals surface area contributed by atoms with Crippen LogP contribution in [0.4, 0.5) is 10.5 Å². The number of rotatable bonds is 9. The van der Waals surface area contributed by atoms with Crippen molar-refractivity contribution in [2.75, 3.05) is 18.9 Å². The summed E-state index contributed by atoms with van der Waals surface area (Å²) in [6.07, 6.45) is 2.61. The van der Waals surface area contributed by atoms with Gasteiger partial charge in [0.2, 0.25) is 5.28 Å². The minimum absolute atomic E-state index is 0.128. The lowest BCUT2D eigenvalue weighted by Crippen LogP contribution is -2.37. The van der Waals surface area contributed by atoms with E-state index in [-0.39, 0.29) is 11.4 Å². The summed E-state index contributed by atoms with van der Waals surface area (Å²) in [6.45, 7) is 7.01. The minimum atomic E-state index is -0.573. The molecule has 0 unspecified atom stereocenters. The van der Waals surface area contributed by atoms with Crippen LogP contribution in [0, 0.1) is 0 Å². The second-order valence-electron chi connectivity index (χ2n) is 9.07. The topological polar surface area (TPSA) is 90.6 Å². The van der Waals surface area contributed by atoms with E-state index < -0.39 is 5.60 Å². The van der Waals surface area contributed by atoms with Gasteiger partial charge in [-0.3, -0.25) is 0 Å². The molecule has 0 saturated heterocycles. The molecule has 0 aliphatic heterocycles. The van der Waals surface area contributed by atoms with Crippen LogP contribution >= 0.6 is 23.2 Å². The highest BCUT2D eigenvalue weighted by molar-refractivity contribution is 6.33. The molecule has 7 nitrogen and oxygen atoms in total. The molecule has 0 aliphatic carbocycles. The molecule has 0 saturated carbocycles. The lowest BCUT2D eigenvalue weighted by molar-refractivity contribution is 0.0228. The van der Waals surface area contributed by atoms with Gasteiger partial charge in [0.1, 0.15) is 11.4 Å². The zero-order valence-corrected chi connectivity index (χ0v) is 21.6. The first-order valence-electron chi connectivity index (χ1n) is 11.3. The van der Waals surface area contributed by atoms with Crippen LogP contribution in [0.5, 0.6) is 5.75 Å². The number of hydrogen-bond donors (Lipinski definition) is 1. The van der Waals surface area contributed by atoms with E-state index in [1.165, 1.54) is 6.20 Å². The third-order valence-electron chi connectivity index (χ3n) is 4.89. The standard InChI is InChI=1S/C26H30Cl2N4O3/c1-26(2,3)35-25(33)32(17-18-8-6-10-20(29)14-18)12-4-5-13-34-21-11-7-9-19(15-21)23-22(27)16-30-24(28)31-23/h6-11,14-16H,4-5,12-13,17,29H2,1-3H3. The van der Waals surface area contributed by atoms with E-state index in [0.717, 1.165) is 24.0 Å². The molecular formula is C26H30Cl2N4O3. The van der Waals surface area contributed by atoms with E-state index in [0.29, 0.717) is 41.8 Å². The van der Waals surface area contributed by atoms with Crippen molar-refractivity contribution >= 4 is 35.0 Å². The number of amides is 1. The monoisotopic (exact) mass is 516 g/mol. The number of halogens is 2. The molecule has 2 aromatic carbocycles. The highest BCUT2D eigenvalue weighted by Crippen LogP contribution is 2.29. The first-order chi connectivity index (χ1) is 16.6. The summed E-state index contributed by atoms with van der Waals surface area (Å²) in [7, 11) is 0. The second-order valence-corrected chi connectivity index (χ2v) is 9.81. The number of unbranched alkanes of at least 4 members (excludes halogenated alkanes) is 1. The van der Waals surface area contributed by atoms with Gasteiger partial charge in [-0.15, -0.1) is 0 Å². The Morgan fingerprint density at radius 3 is 2.60 bits per heavy atom. The average molecular weight is 517 g/mol. The van der Waals surface area contributed by atoms with Crippen LogP contribution in [0.25, 0.3) is 11.3 Å². The number of nitrogens with two attached hydrogens (primary N) is 1. The Morgan fingerprint density at radius 1 is 1.09 bits per heavy atom. The molecule has 1 aromatic heterocycles. The molecule has 2 N–H and O–H groups in total. The molecule has 186 valence electrons. The fraction of sp³-hybridized carbons (Fsp3) is 0.346. The van der Waals surface area contributed by atoms with Crippen molar-refractivity contribution in [1.29, 1.82) is 0 Å². The lowest BCUT2D eigenvalue weighted by Gasteiger charge is -2.27. The maximum absolute atomic E-state index is 12.8. The molecule has 3 aromatic rings. The molecule has 9 heteroatoms. The highest BCUT2D eigenvalue weighted by atomic mass is 35.5. The summed E-state index contributed by atoms with van der Waals surface area (Å²) in [4.78, 5) is 22.5. The molecule has 3 rings (SSSR count). The molecule has 0 fully saturated rings. The molecule has 0 aliphatic rings. The number of nitrogens with zero attached hydrogens (tertiary/aromatic N) is 3. The van der Waals surface area contributed by atoms with Gasteiger partial charge in [-0.2, -0.15) is 0 Å². The van der Waals surface area contributed by atoms with Gasteiger partial charge in [0.05, 0.1) is 23.5 Å². The predicted octanol–water partition coefficient (Wildman–Crippen LogP) is 6.63. The quantitative estimate of drug-likeness (QED) is 0.195. The van der Waals surface area contributed by atoms with E-state index in [1.54, 1.807) is 4.90 Å². The Labute approximate surface area is 216 Å². The van der Waals surface area contributed by atoms with Crippen molar-refractivity contribution in [3.63, 3.8) is 0 Å². The molecule has 35 heavy (non-hydrogen) atoms. The first-order valence-corrected chi connectivity index (χ1v) is 12.1. The Kier molecular flexibility index (Phi) is 9.18. The first kappa shape index (κ1) is 26.6. The van der Waals surface area contributed by atoms with E-state index >= 15 is 0 Å². The summed E-state index contributed by atoms with van der Waals surface area (Å²) in [5.74, 6) is 0.692. The van der Waals surface area contributed by atoms with Crippen LogP contribution in [0.1, 0.15) is 39.2 Å². The van der Waals surface area contributed by atoms with Crippen molar-refractivity contribution in [1.82, 2.24) is 14.9 Å². The summed E-state index contributed by atoms with van der Waals surface area (Å²) < 4.78 is 11.5. The average Bonchev–Trinajstić information content (AvgIpc) is 2.79. The van der Waals surface area contributed by atoms with Crippen LogP contribution in [-0.2, 0) is 11.3 Å². The second kappa shape index (κ2) is 12.1. The maximum atomic E-state index is 12.8. The zero-order valence-electron chi connectivity index (χ0n) is 20.1. The van der Waals surface area contributed by atoms with Crippen LogP contribution < -0.4 is 10.5 Å². The van der Waals surface area contributed by atoms with Crippen molar-refractivity contribution in [3.05, 3.63) is 70.6 Å². The van der Waals surface area contributed by atoms with E-state index in [1.807, 2.05) is 69.3 Å². The van der Waals surface area contributed by atoms with Gasteiger partial charge in [-0.1, -0.05) is 35.9 Å². The third-order valence-corrected chi connectivity index (χ3v) is 5.35. The number of hydrogen-bond acceptors (Lipinski definition) is 6.